The van der Waals surface area contributed by atoms with E-state index in [0.717, 1.165) is 5.82 Å². The first kappa shape index (κ1) is 9.14. The van der Waals surface area contributed by atoms with E-state index in [4.69, 9.17) is 9.84 Å². The highest BCUT2D eigenvalue weighted by atomic mass is 16.5. The molecule has 14 heavy (non-hydrogen) atoms. The molecule has 6 heteroatoms. The second-order valence-electron chi connectivity index (χ2n) is 3.23. The van der Waals surface area contributed by atoms with Crippen LogP contribution in [-0.2, 0) is 22.6 Å². The predicted octanol–water partition coefficient (Wildman–Crippen LogP) is -0.00360. The van der Waals surface area contributed by atoms with Crippen molar-refractivity contribution in [1.29, 1.82) is 0 Å². The molecule has 2 heterocycles. The molecule has 1 unspecified atom stereocenters. The molecule has 6 nitrogen and oxygen atoms in total. The summed E-state index contributed by atoms with van der Waals surface area (Å²) in [5.74, 6) is 0.498. The third kappa shape index (κ3) is 1.27. The minimum Gasteiger partial charge on any atom is -0.480 e. The molecular weight excluding hydrogens is 186 g/mol. The lowest BCUT2D eigenvalue weighted by Crippen LogP contribution is -2.17. The van der Waals surface area contributed by atoms with E-state index in [9.17, 15) is 4.79 Å². The minimum absolute atomic E-state index is 0.302. The van der Waals surface area contributed by atoms with Crippen molar-refractivity contribution in [3.8, 4) is 0 Å². The number of hydrogen-bond acceptors (Lipinski definition) is 4. The average Bonchev–Trinajstić information content (AvgIpc) is 2.67. The van der Waals surface area contributed by atoms with E-state index in [2.05, 4.69) is 10.2 Å². The summed E-state index contributed by atoms with van der Waals surface area (Å²) in [4.78, 5) is 10.9. The smallest absolute Gasteiger partial charge is 0.326 e. The van der Waals surface area contributed by atoms with Crippen molar-refractivity contribution in [1.82, 2.24) is 14.8 Å². The Hall–Kier alpha value is -1.43. The molecule has 1 aliphatic rings. The van der Waals surface area contributed by atoms with Crippen molar-refractivity contribution in [3.05, 3.63) is 11.6 Å². The number of aromatic nitrogens is 3. The van der Waals surface area contributed by atoms with Crippen LogP contribution in [0.2, 0.25) is 0 Å². The molecule has 0 amide bonds. The molecule has 0 radical (unpaired) electrons. The lowest BCUT2D eigenvalue weighted by Gasteiger charge is -2.09. The van der Waals surface area contributed by atoms with E-state index >= 15 is 0 Å². The van der Waals surface area contributed by atoms with E-state index in [1.54, 1.807) is 11.7 Å². The van der Waals surface area contributed by atoms with Crippen LogP contribution in [0.25, 0.3) is 0 Å². The van der Waals surface area contributed by atoms with Crippen LogP contribution in [0.5, 0.6) is 0 Å². The first-order chi connectivity index (χ1) is 6.74. The van der Waals surface area contributed by atoms with Gasteiger partial charge in [-0.3, -0.25) is 4.57 Å². The number of rotatable bonds is 3. The molecule has 0 fully saturated rings. The fourth-order valence-electron chi connectivity index (χ4n) is 1.75. The van der Waals surface area contributed by atoms with Gasteiger partial charge in [-0.2, -0.15) is 0 Å². The van der Waals surface area contributed by atoms with Crippen molar-refractivity contribution in [3.63, 3.8) is 0 Å². The van der Waals surface area contributed by atoms with E-state index < -0.39 is 12.0 Å². The molecule has 0 aromatic carbocycles. The summed E-state index contributed by atoms with van der Waals surface area (Å²) < 4.78 is 6.58. The second-order valence-corrected chi connectivity index (χ2v) is 3.23. The Kier molecular flexibility index (Phi) is 2.20. The van der Waals surface area contributed by atoms with Crippen LogP contribution in [-0.4, -0.2) is 33.0 Å². The summed E-state index contributed by atoms with van der Waals surface area (Å²) in [6.07, 6.45) is 1.27. The van der Waals surface area contributed by atoms with Gasteiger partial charge in [0.05, 0.1) is 0 Å². The highest BCUT2D eigenvalue weighted by molar-refractivity contribution is 5.72. The molecule has 2 rings (SSSR count). The predicted molar refractivity (Wildman–Crippen MR) is 45.7 cm³/mol. The van der Waals surface area contributed by atoms with Gasteiger partial charge in [-0.15, -0.1) is 10.2 Å². The molecule has 1 atom stereocenters. The maximum absolute atomic E-state index is 10.9. The summed E-state index contributed by atoms with van der Waals surface area (Å²) in [7, 11) is 1.55. The van der Waals surface area contributed by atoms with Crippen molar-refractivity contribution in [2.24, 2.45) is 0 Å². The lowest BCUT2D eigenvalue weighted by molar-refractivity contribution is -0.140. The van der Waals surface area contributed by atoms with Crippen LogP contribution < -0.4 is 0 Å². The van der Waals surface area contributed by atoms with Crippen LogP contribution in [0.1, 0.15) is 24.1 Å². The van der Waals surface area contributed by atoms with Crippen LogP contribution in [0.15, 0.2) is 0 Å². The molecule has 0 saturated heterocycles. The topological polar surface area (TPSA) is 77.2 Å². The van der Waals surface area contributed by atoms with E-state index in [1.165, 1.54) is 0 Å². The number of hydrogen-bond donors (Lipinski definition) is 1. The van der Waals surface area contributed by atoms with Gasteiger partial charge in [0.2, 0.25) is 0 Å². The molecular formula is C8H11N3O3. The molecule has 1 aromatic heterocycles. The van der Waals surface area contributed by atoms with E-state index in [1.807, 2.05) is 0 Å². The molecule has 1 N–H and O–H groups in total. The van der Waals surface area contributed by atoms with E-state index in [0.29, 0.717) is 25.3 Å². The summed E-state index contributed by atoms with van der Waals surface area (Å²) in [5.41, 5.74) is 0. The maximum atomic E-state index is 10.9. The molecule has 0 spiro atoms. The number of nitrogens with zero attached hydrogens (tertiary/aromatic N) is 3. The van der Waals surface area contributed by atoms with Gasteiger partial charge in [0.1, 0.15) is 18.5 Å². The molecule has 0 aliphatic carbocycles. The number of methoxy groups -OCH3 is 1. The zero-order chi connectivity index (χ0) is 10.1. The van der Waals surface area contributed by atoms with Crippen molar-refractivity contribution in [2.45, 2.75) is 25.5 Å². The van der Waals surface area contributed by atoms with Crippen LogP contribution >= 0.6 is 0 Å². The van der Waals surface area contributed by atoms with Gasteiger partial charge in [-0.05, 0) is 6.42 Å². The standard InChI is InChI=1S/C8H11N3O3/c1-14-4-7-10-9-6-3-2-5(8(12)13)11(6)7/h5H,2-4H2,1H3,(H,12,13). The Morgan fingerprint density at radius 1 is 1.71 bits per heavy atom. The van der Waals surface area contributed by atoms with E-state index in [-0.39, 0.29) is 0 Å². The molecule has 1 aliphatic heterocycles. The molecule has 0 saturated carbocycles. The molecule has 76 valence electrons. The Labute approximate surface area is 80.5 Å². The normalized spacial score (nSPS) is 19.6. The summed E-state index contributed by atoms with van der Waals surface area (Å²) in [5, 5.41) is 16.8. The Morgan fingerprint density at radius 2 is 2.50 bits per heavy atom. The second kappa shape index (κ2) is 3.38. The van der Waals surface area contributed by atoms with Gasteiger partial charge < -0.3 is 9.84 Å². The number of aryl methyl sites for hydroxylation is 1. The van der Waals surface area contributed by atoms with Gasteiger partial charge >= 0.3 is 5.97 Å². The van der Waals surface area contributed by atoms with Crippen LogP contribution in [0.4, 0.5) is 0 Å². The largest absolute Gasteiger partial charge is 0.480 e. The molecule has 0 bridgehead atoms. The SMILES string of the molecule is COCc1nnc2n1C(C(=O)O)CC2. The first-order valence-corrected chi connectivity index (χ1v) is 4.38. The highest BCUT2D eigenvalue weighted by Gasteiger charge is 2.31. The quantitative estimate of drug-likeness (QED) is 0.737. The summed E-state index contributed by atoms with van der Waals surface area (Å²) >= 11 is 0. The van der Waals surface area contributed by atoms with Crippen LogP contribution in [0, 0.1) is 0 Å². The van der Waals surface area contributed by atoms with Gasteiger partial charge in [0, 0.05) is 13.5 Å². The number of carbonyl (C=O) groups is 1. The van der Waals surface area contributed by atoms with Gasteiger partial charge in [-0.1, -0.05) is 0 Å². The fourth-order valence-corrected chi connectivity index (χ4v) is 1.75. The summed E-state index contributed by atoms with van der Waals surface area (Å²) in [6, 6.07) is -0.523. The third-order valence-corrected chi connectivity index (χ3v) is 2.35. The number of aliphatic carboxylic acids is 1. The number of ether oxygens (including phenoxy) is 1. The number of carboxylic acid groups (broad SMARTS) is 1. The minimum atomic E-state index is -0.832. The average molecular weight is 197 g/mol. The van der Waals surface area contributed by atoms with Crippen molar-refractivity contribution in [2.75, 3.05) is 7.11 Å². The zero-order valence-corrected chi connectivity index (χ0v) is 7.80. The Morgan fingerprint density at radius 3 is 3.14 bits per heavy atom. The van der Waals surface area contributed by atoms with Gasteiger partial charge in [0.15, 0.2) is 5.82 Å². The van der Waals surface area contributed by atoms with Gasteiger partial charge in [0.25, 0.3) is 0 Å². The zero-order valence-electron chi connectivity index (χ0n) is 7.80. The third-order valence-electron chi connectivity index (χ3n) is 2.35. The maximum Gasteiger partial charge on any atom is 0.326 e. The number of carboxylic acids is 1. The van der Waals surface area contributed by atoms with Crippen molar-refractivity contribution >= 4 is 5.97 Å². The fraction of sp³-hybridized carbons (Fsp3) is 0.625. The highest BCUT2D eigenvalue weighted by Crippen LogP contribution is 2.26. The van der Waals surface area contributed by atoms with Gasteiger partial charge in [-0.25, -0.2) is 4.79 Å². The Bertz CT molecular complexity index is 361. The van der Waals surface area contributed by atoms with Crippen molar-refractivity contribution < 1.29 is 14.6 Å². The molecule has 1 aromatic rings. The summed E-state index contributed by atoms with van der Waals surface area (Å²) in [6.45, 7) is 0.302. The first-order valence-electron chi connectivity index (χ1n) is 4.38. The number of fused-ring (bicyclic) bond motifs is 1. The van der Waals surface area contributed by atoms with Crippen LogP contribution in [0.3, 0.4) is 0 Å². The lowest BCUT2D eigenvalue weighted by atomic mass is 10.2. The Balaban J connectivity index is 2.35. The monoisotopic (exact) mass is 197 g/mol.